The molecule has 2 heterocycles. The minimum atomic E-state index is 0. The highest BCUT2D eigenvalue weighted by molar-refractivity contribution is 14.0. The number of hydrogen-bond acceptors (Lipinski definition) is 5. The van der Waals surface area contributed by atoms with E-state index in [0.717, 1.165) is 63.4 Å². The number of rotatable bonds is 8. The van der Waals surface area contributed by atoms with E-state index in [4.69, 9.17) is 9.73 Å². The molecule has 1 unspecified atom stereocenters. The fraction of sp³-hybridized carbons (Fsp3) is 0.850. The van der Waals surface area contributed by atoms with E-state index < -0.39 is 0 Å². The van der Waals surface area contributed by atoms with E-state index in [1.807, 2.05) is 18.5 Å². The molecule has 2 N–H and O–H groups in total. The van der Waals surface area contributed by atoms with Crippen LogP contribution in [0.15, 0.2) is 4.99 Å². The second-order valence-corrected chi connectivity index (χ2v) is 8.91. The number of guanidine groups is 1. The van der Waals surface area contributed by atoms with Gasteiger partial charge in [-0.1, -0.05) is 20.8 Å². The predicted molar refractivity (Wildman–Crippen MR) is 129 cm³/mol. The molecular weight excluding hydrogens is 481 g/mol. The molecule has 29 heavy (non-hydrogen) atoms. The van der Waals surface area contributed by atoms with Gasteiger partial charge in [0.05, 0.1) is 13.2 Å². The van der Waals surface area contributed by atoms with Crippen LogP contribution in [0.5, 0.6) is 0 Å². The Morgan fingerprint density at radius 3 is 2.52 bits per heavy atom. The summed E-state index contributed by atoms with van der Waals surface area (Å²) in [7, 11) is 1.98. The van der Waals surface area contributed by atoms with Gasteiger partial charge in [0.15, 0.2) is 11.8 Å². The summed E-state index contributed by atoms with van der Waals surface area (Å²) in [6.45, 7) is 17.0. The Morgan fingerprint density at radius 2 is 1.93 bits per heavy atom. The van der Waals surface area contributed by atoms with E-state index in [2.05, 4.69) is 53.4 Å². The number of aryl methyl sites for hydroxylation is 1. The Labute approximate surface area is 193 Å². The Hall–Kier alpha value is -0.940. The van der Waals surface area contributed by atoms with Crippen LogP contribution in [0.2, 0.25) is 0 Å². The third kappa shape index (κ3) is 10.1. The van der Waals surface area contributed by atoms with Crippen molar-refractivity contribution >= 4 is 29.9 Å². The van der Waals surface area contributed by atoms with Crippen LogP contribution in [0.3, 0.4) is 0 Å². The standard InChI is InChI=1S/C20H39N7O.HI/c1-16(7-8-20(3,4)5)23-19(21-9-10-27-11-13-28-14-12-27)22-15-18-25-24-17(2)26(18)6;/h16H,7-15H2,1-6H3,(H2,21,22,23);1H. The molecule has 0 bridgehead atoms. The van der Waals surface area contributed by atoms with E-state index in [9.17, 15) is 0 Å². The first-order valence-corrected chi connectivity index (χ1v) is 10.4. The Balaban J connectivity index is 0.00000420. The quantitative estimate of drug-likeness (QED) is 0.311. The van der Waals surface area contributed by atoms with Crippen LogP contribution < -0.4 is 10.6 Å². The molecule has 1 atom stereocenters. The molecule has 168 valence electrons. The molecule has 0 saturated carbocycles. The van der Waals surface area contributed by atoms with Crippen molar-refractivity contribution in [3.05, 3.63) is 11.6 Å². The van der Waals surface area contributed by atoms with Gasteiger partial charge in [0.25, 0.3) is 0 Å². The summed E-state index contributed by atoms with van der Waals surface area (Å²) in [5.41, 5.74) is 0.340. The number of hydrogen-bond donors (Lipinski definition) is 2. The molecule has 1 aromatic rings. The lowest BCUT2D eigenvalue weighted by Gasteiger charge is -2.27. The maximum absolute atomic E-state index is 5.42. The van der Waals surface area contributed by atoms with E-state index in [0.29, 0.717) is 18.0 Å². The molecule has 9 heteroatoms. The van der Waals surface area contributed by atoms with Gasteiger partial charge < -0.3 is 19.9 Å². The number of ether oxygens (including phenoxy) is 1. The van der Waals surface area contributed by atoms with Crippen LogP contribution >= 0.6 is 24.0 Å². The van der Waals surface area contributed by atoms with Crippen molar-refractivity contribution in [1.29, 1.82) is 0 Å². The Kier molecular flexibility index (Phi) is 11.4. The van der Waals surface area contributed by atoms with Crippen LogP contribution in [0.25, 0.3) is 0 Å². The van der Waals surface area contributed by atoms with Crippen molar-refractivity contribution in [1.82, 2.24) is 30.3 Å². The van der Waals surface area contributed by atoms with E-state index >= 15 is 0 Å². The molecule has 0 aliphatic carbocycles. The highest BCUT2D eigenvalue weighted by Crippen LogP contribution is 2.21. The maximum atomic E-state index is 5.42. The van der Waals surface area contributed by atoms with Crippen molar-refractivity contribution in [3.8, 4) is 0 Å². The number of morpholine rings is 1. The minimum absolute atomic E-state index is 0. The summed E-state index contributed by atoms with van der Waals surface area (Å²) in [4.78, 5) is 7.18. The molecule has 8 nitrogen and oxygen atoms in total. The Bertz CT molecular complexity index is 621. The molecule has 0 radical (unpaired) electrons. The molecule has 1 aliphatic rings. The molecule has 0 spiro atoms. The molecule has 1 saturated heterocycles. The second-order valence-electron chi connectivity index (χ2n) is 8.91. The smallest absolute Gasteiger partial charge is 0.191 e. The number of halogens is 1. The van der Waals surface area contributed by atoms with Crippen molar-refractivity contribution in [2.45, 2.75) is 60.0 Å². The van der Waals surface area contributed by atoms with E-state index in [1.54, 1.807) is 0 Å². The molecule has 0 aromatic carbocycles. The zero-order valence-corrected chi connectivity index (χ0v) is 21.3. The lowest BCUT2D eigenvalue weighted by Crippen LogP contribution is -2.46. The van der Waals surface area contributed by atoms with Gasteiger partial charge in [0.1, 0.15) is 12.4 Å². The van der Waals surface area contributed by atoms with Crippen LogP contribution in [0.4, 0.5) is 0 Å². The fourth-order valence-electron chi connectivity index (χ4n) is 3.00. The predicted octanol–water partition coefficient (Wildman–Crippen LogP) is 2.32. The topological polar surface area (TPSA) is 79.6 Å². The molecule has 2 rings (SSSR count). The second kappa shape index (κ2) is 12.7. The van der Waals surface area contributed by atoms with Gasteiger partial charge in [0.2, 0.25) is 0 Å². The SMILES string of the molecule is Cc1nnc(CN=C(NCCN2CCOCC2)NC(C)CCC(C)(C)C)n1C.I. The van der Waals surface area contributed by atoms with Crippen molar-refractivity contribution in [2.75, 3.05) is 39.4 Å². The van der Waals surface area contributed by atoms with Crippen LogP contribution in [0.1, 0.15) is 52.2 Å². The van der Waals surface area contributed by atoms with Gasteiger partial charge in [-0.05, 0) is 32.1 Å². The number of aromatic nitrogens is 3. The summed E-state index contributed by atoms with van der Waals surface area (Å²) in [6, 6.07) is 0.357. The molecule has 0 amide bonds. The summed E-state index contributed by atoms with van der Waals surface area (Å²) in [6.07, 6.45) is 2.28. The van der Waals surface area contributed by atoms with Gasteiger partial charge >= 0.3 is 0 Å². The average molecular weight is 521 g/mol. The zero-order chi connectivity index (χ0) is 20.6. The van der Waals surface area contributed by atoms with Crippen LogP contribution in [-0.2, 0) is 18.3 Å². The summed E-state index contributed by atoms with van der Waals surface area (Å²) in [5.74, 6) is 2.61. The van der Waals surface area contributed by atoms with Crippen LogP contribution in [-0.4, -0.2) is 71.1 Å². The van der Waals surface area contributed by atoms with Crippen molar-refractivity contribution in [3.63, 3.8) is 0 Å². The van der Waals surface area contributed by atoms with Gasteiger partial charge in [0, 0.05) is 39.3 Å². The highest BCUT2D eigenvalue weighted by atomic mass is 127. The highest BCUT2D eigenvalue weighted by Gasteiger charge is 2.14. The van der Waals surface area contributed by atoms with Gasteiger partial charge in [-0.2, -0.15) is 0 Å². The molecular formula is C20H40IN7O. The van der Waals surface area contributed by atoms with Crippen LogP contribution in [0, 0.1) is 12.3 Å². The Morgan fingerprint density at radius 1 is 1.24 bits per heavy atom. The maximum Gasteiger partial charge on any atom is 0.191 e. The lowest BCUT2D eigenvalue weighted by molar-refractivity contribution is 0.0389. The minimum Gasteiger partial charge on any atom is -0.379 e. The first-order valence-electron chi connectivity index (χ1n) is 10.4. The van der Waals surface area contributed by atoms with E-state index in [1.165, 1.54) is 6.42 Å². The van der Waals surface area contributed by atoms with Crippen molar-refractivity contribution in [2.24, 2.45) is 17.5 Å². The summed E-state index contributed by atoms with van der Waals surface area (Å²) >= 11 is 0. The van der Waals surface area contributed by atoms with Crippen molar-refractivity contribution < 1.29 is 4.74 Å². The zero-order valence-electron chi connectivity index (χ0n) is 19.0. The lowest BCUT2D eigenvalue weighted by atomic mass is 9.89. The molecule has 1 fully saturated rings. The normalized spacial score (nSPS) is 17.0. The third-order valence-corrected chi connectivity index (χ3v) is 5.10. The number of aliphatic imine (C=N–C) groups is 1. The molecule has 1 aliphatic heterocycles. The average Bonchev–Trinajstić information content (AvgIpc) is 2.96. The van der Waals surface area contributed by atoms with Gasteiger partial charge in [-0.3, -0.25) is 4.90 Å². The molecule has 1 aromatic heterocycles. The first-order chi connectivity index (χ1) is 13.2. The summed E-state index contributed by atoms with van der Waals surface area (Å²) < 4.78 is 7.41. The van der Waals surface area contributed by atoms with E-state index in [-0.39, 0.29) is 24.0 Å². The first kappa shape index (κ1) is 26.1. The van der Waals surface area contributed by atoms with Gasteiger partial charge in [-0.15, -0.1) is 34.2 Å². The fourth-order valence-corrected chi connectivity index (χ4v) is 3.00. The number of nitrogens with one attached hydrogen (secondary N) is 2. The number of nitrogens with zero attached hydrogens (tertiary/aromatic N) is 5. The van der Waals surface area contributed by atoms with Gasteiger partial charge in [-0.25, -0.2) is 4.99 Å². The summed E-state index contributed by atoms with van der Waals surface area (Å²) in [5, 5.41) is 15.4. The monoisotopic (exact) mass is 521 g/mol. The third-order valence-electron chi connectivity index (χ3n) is 5.10. The largest absolute Gasteiger partial charge is 0.379 e.